The normalized spacial score (nSPS) is 18.7. The van der Waals surface area contributed by atoms with Gasteiger partial charge in [0.15, 0.2) is 0 Å². The number of pyridine rings is 1. The van der Waals surface area contributed by atoms with Crippen molar-refractivity contribution in [2.45, 2.75) is 24.9 Å². The highest BCUT2D eigenvalue weighted by molar-refractivity contribution is 5.29. The Bertz CT molecular complexity index is 580. The molecule has 1 aromatic heterocycles. The molecule has 0 bridgehead atoms. The van der Waals surface area contributed by atoms with E-state index in [9.17, 15) is 0 Å². The molecule has 0 amide bonds. The zero-order valence-corrected chi connectivity index (χ0v) is 12.8. The van der Waals surface area contributed by atoms with Gasteiger partial charge in [-0.2, -0.15) is 0 Å². The number of nitrogens with one attached hydrogen (secondary N) is 1. The Morgan fingerprint density at radius 2 is 2.00 bits per heavy atom. The highest BCUT2D eigenvalue weighted by Gasteiger charge is 2.26. The molecule has 1 N–H and O–H groups in total. The number of aryl methyl sites for hydroxylation is 1. The summed E-state index contributed by atoms with van der Waals surface area (Å²) in [5.74, 6) is 0. The number of aromatic nitrogens is 1. The molecule has 1 aliphatic carbocycles. The first-order valence-electron chi connectivity index (χ1n) is 7.63. The van der Waals surface area contributed by atoms with E-state index in [1.165, 1.54) is 16.8 Å². The molecule has 21 heavy (non-hydrogen) atoms. The van der Waals surface area contributed by atoms with Gasteiger partial charge in [0.25, 0.3) is 0 Å². The highest BCUT2D eigenvalue weighted by atomic mass is 15.1. The molecule has 3 rings (SSSR count). The number of benzene rings is 1. The molecule has 3 heteroatoms. The lowest BCUT2D eigenvalue weighted by atomic mass is 10.0. The van der Waals surface area contributed by atoms with E-state index >= 15 is 0 Å². The van der Waals surface area contributed by atoms with Gasteiger partial charge >= 0.3 is 0 Å². The molecule has 0 fully saturated rings. The summed E-state index contributed by atoms with van der Waals surface area (Å²) in [5, 5.41) is 3.82. The number of likely N-dealkylation sites (N-methyl/N-ethyl adjacent to an activating group) is 1. The fraction of sp³-hybridized carbons (Fsp3) is 0.389. The molecule has 2 aromatic rings. The van der Waals surface area contributed by atoms with E-state index in [1.807, 2.05) is 12.3 Å². The number of fused-ring (bicyclic) bond motifs is 1. The Kier molecular flexibility index (Phi) is 4.32. The van der Waals surface area contributed by atoms with Gasteiger partial charge < -0.3 is 10.2 Å². The predicted molar refractivity (Wildman–Crippen MR) is 86.2 cm³/mol. The van der Waals surface area contributed by atoms with Crippen molar-refractivity contribution >= 4 is 0 Å². The summed E-state index contributed by atoms with van der Waals surface area (Å²) >= 11 is 0. The average molecular weight is 281 g/mol. The third kappa shape index (κ3) is 3.31. The topological polar surface area (TPSA) is 28.2 Å². The standard InChI is InChI=1S/C18H23N3/c1-21(2)13-17(14-7-4-3-5-8-14)20-16-11-10-15-9-6-12-19-18(15)16/h3-9,12,16-17,20H,10-11,13H2,1-2H3. The minimum Gasteiger partial charge on any atom is -0.308 e. The zero-order valence-electron chi connectivity index (χ0n) is 12.8. The maximum atomic E-state index is 4.59. The van der Waals surface area contributed by atoms with Crippen molar-refractivity contribution in [3.05, 3.63) is 65.5 Å². The SMILES string of the molecule is CN(C)CC(NC1CCc2cccnc21)c1ccccc1. The number of hydrogen-bond acceptors (Lipinski definition) is 3. The molecular formula is C18H23N3. The van der Waals surface area contributed by atoms with Crippen molar-refractivity contribution in [1.82, 2.24) is 15.2 Å². The van der Waals surface area contributed by atoms with Crippen LogP contribution in [0.15, 0.2) is 48.7 Å². The van der Waals surface area contributed by atoms with E-state index in [2.05, 4.69) is 65.7 Å². The third-order valence-electron chi connectivity index (χ3n) is 4.11. The van der Waals surface area contributed by atoms with Crippen molar-refractivity contribution < 1.29 is 0 Å². The lowest BCUT2D eigenvalue weighted by Crippen LogP contribution is -2.33. The maximum Gasteiger partial charge on any atom is 0.0605 e. The van der Waals surface area contributed by atoms with Gasteiger partial charge in [-0.1, -0.05) is 36.4 Å². The first kappa shape index (κ1) is 14.2. The van der Waals surface area contributed by atoms with Crippen LogP contribution in [0.1, 0.15) is 35.3 Å². The molecule has 0 saturated carbocycles. The first-order valence-corrected chi connectivity index (χ1v) is 7.63. The van der Waals surface area contributed by atoms with E-state index in [-0.39, 0.29) is 0 Å². The lowest BCUT2D eigenvalue weighted by molar-refractivity contribution is 0.318. The van der Waals surface area contributed by atoms with Gasteiger partial charge in [0.05, 0.1) is 11.7 Å². The summed E-state index contributed by atoms with van der Waals surface area (Å²) in [6.07, 6.45) is 4.18. The van der Waals surface area contributed by atoms with Gasteiger partial charge in [0.1, 0.15) is 0 Å². The minimum atomic E-state index is 0.333. The summed E-state index contributed by atoms with van der Waals surface area (Å²) in [6, 6.07) is 15.6. The lowest BCUT2D eigenvalue weighted by Gasteiger charge is -2.26. The van der Waals surface area contributed by atoms with E-state index in [4.69, 9.17) is 0 Å². The fourth-order valence-corrected chi connectivity index (χ4v) is 3.12. The molecule has 2 atom stereocenters. The Hall–Kier alpha value is -1.71. The van der Waals surface area contributed by atoms with Gasteiger partial charge in [0.2, 0.25) is 0 Å². The molecule has 1 heterocycles. The van der Waals surface area contributed by atoms with Gasteiger partial charge in [-0.3, -0.25) is 4.98 Å². The maximum absolute atomic E-state index is 4.59. The zero-order chi connectivity index (χ0) is 14.7. The summed E-state index contributed by atoms with van der Waals surface area (Å²) in [5.41, 5.74) is 3.97. The number of rotatable bonds is 5. The predicted octanol–water partition coefficient (Wildman–Crippen LogP) is 2.96. The second-order valence-corrected chi connectivity index (χ2v) is 6.03. The second-order valence-electron chi connectivity index (χ2n) is 6.03. The van der Waals surface area contributed by atoms with Crippen LogP contribution in [0, 0.1) is 0 Å². The molecule has 2 unspecified atom stereocenters. The molecule has 110 valence electrons. The number of nitrogens with zero attached hydrogens (tertiary/aromatic N) is 2. The van der Waals surface area contributed by atoms with E-state index in [0.29, 0.717) is 12.1 Å². The third-order valence-corrected chi connectivity index (χ3v) is 4.11. The molecule has 1 aliphatic rings. The van der Waals surface area contributed by atoms with Crippen LogP contribution in [0.3, 0.4) is 0 Å². The van der Waals surface area contributed by atoms with Crippen LogP contribution in [0.4, 0.5) is 0 Å². The van der Waals surface area contributed by atoms with Crippen molar-refractivity contribution in [2.75, 3.05) is 20.6 Å². The summed E-state index contributed by atoms with van der Waals surface area (Å²) in [6.45, 7) is 0.989. The van der Waals surface area contributed by atoms with Crippen LogP contribution in [-0.2, 0) is 6.42 Å². The highest BCUT2D eigenvalue weighted by Crippen LogP contribution is 2.31. The fourth-order valence-electron chi connectivity index (χ4n) is 3.12. The van der Waals surface area contributed by atoms with Crippen molar-refractivity contribution in [3.8, 4) is 0 Å². The van der Waals surface area contributed by atoms with Crippen molar-refractivity contribution in [1.29, 1.82) is 0 Å². The van der Waals surface area contributed by atoms with Gasteiger partial charge in [-0.25, -0.2) is 0 Å². The second kappa shape index (κ2) is 6.37. The largest absolute Gasteiger partial charge is 0.308 e. The van der Waals surface area contributed by atoms with E-state index in [0.717, 1.165) is 19.4 Å². The monoisotopic (exact) mass is 281 g/mol. The van der Waals surface area contributed by atoms with E-state index < -0.39 is 0 Å². The Morgan fingerprint density at radius 1 is 1.19 bits per heavy atom. The van der Waals surface area contributed by atoms with Crippen LogP contribution in [-0.4, -0.2) is 30.5 Å². The molecular weight excluding hydrogens is 258 g/mol. The minimum absolute atomic E-state index is 0.333. The molecule has 1 aromatic carbocycles. The van der Waals surface area contributed by atoms with Crippen LogP contribution in [0.2, 0.25) is 0 Å². The Morgan fingerprint density at radius 3 is 2.76 bits per heavy atom. The van der Waals surface area contributed by atoms with Gasteiger partial charge in [-0.05, 0) is 44.1 Å². The Balaban J connectivity index is 1.80. The molecule has 3 nitrogen and oxygen atoms in total. The molecule has 0 aliphatic heterocycles. The summed E-state index contributed by atoms with van der Waals surface area (Å²) in [7, 11) is 4.25. The van der Waals surface area contributed by atoms with Crippen LogP contribution in [0.5, 0.6) is 0 Å². The van der Waals surface area contributed by atoms with Crippen LogP contribution >= 0.6 is 0 Å². The smallest absolute Gasteiger partial charge is 0.0605 e. The first-order chi connectivity index (χ1) is 10.2. The van der Waals surface area contributed by atoms with Crippen molar-refractivity contribution in [3.63, 3.8) is 0 Å². The molecule has 0 spiro atoms. The summed E-state index contributed by atoms with van der Waals surface area (Å²) in [4.78, 5) is 6.83. The van der Waals surface area contributed by atoms with Gasteiger partial charge in [0, 0.05) is 18.8 Å². The van der Waals surface area contributed by atoms with Gasteiger partial charge in [-0.15, -0.1) is 0 Å². The molecule has 0 radical (unpaired) electrons. The summed E-state index contributed by atoms with van der Waals surface area (Å²) < 4.78 is 0. The quantitative estimate of drug-likeness (QED) is 0.913. The molecule has 0 saturated heterocycles. The van der Waals surface area contributed by atoms with Crippen LogP contribution in [0.25, 0.3) is 0 Å². The van der Waals surface area contributed by atoms with Crippen LogP contribution < -0.4 is 5.32 Å². The van der Waals surface area contributed by atoms with Crippen molar-refractivity contribution in [2.24, 2.45) is 0 Å². The Labute approximate surface area is 127 Å². The van der Waals surface area contributed by atoms with E-state index in [1.54, 1.807) is 0 Å². The number of hydrogen-bond donors (Lipinski definition) is 1. The average Bonchev–Trinajstić information content (AvgIpc) is 2.90.